The van der Waals surface area contributed by atoms with E-state index in [1.165, 1.54) is 0 Å². The maximum Gasteiger partial charge on any atom is 0.152 e. The van der Waals surface area contributed by atoms with Crippen LogP contribution in [0.15, 0.2) is 18.2 Å². The summed E-state index contributed by atoms with van der Waals surface area (Å²) in [6.45, 7) is 2.20. The fourth-order valence-electron chi connectivity index (χ4n) is 1.57. The van der Waals surface area contributed by atoms with Crippen LogP contribution in [-0.4, -0.2) is 33.6 Å². The molecule has 18 heavy (non-hydrogen) atoms. The minimum Gasteiger partial charge on any atom is -0.495 e. The molecule has 0 spiro atoms. The Labute approximate surface area is 113 Å². The van der Waals surface area contributed by atoms with Gasteiger partial charge in [0.2, 0.25) is 0 Å². The van der Waals surface area contributed by atoms with Crippen LogP contribution >= 0.6 is 11.6 Å². The quantitative estimate of drug-likeness (QED) is 0.839. The Hall–Kier alpha value is -0.940. The molecule has 0 heterocycles. The molecule has 0 saturated carbocycles. The zero-order chi connectivity index (χ0) is 13.6. The average molecular weight is 292 g/mol. The number of ether oxygens (including phenoxy) is 1. The zero-order valence-electron chi connectivity index (χ0n) is 10.6. The largest absolute Gasteiger partial charge is 0.495 e. The molecule has 0 aliphatic carbocycles. The standard InChI is InChI=1S/C12H18ClNO3S/c1-3-7-18(15,16)8-6-14-11-9-10(13)4-5-12(11)17-2/h4-5,9,14H,3,6-8H2,1-2H3. The van der Waals surface area contributed by atoms with Crippen LogP contribution in [0.3, 0.4) is 0 Å². The van der Waals surface area contributed by atoms with Crippen molar-refractivity contribution < 1.29 is 13.2 Å². The van der Waals surface area contributed by atoms with Crippen LogP contribution in [0.2, 0.25) is 5.02 Å². The van der Waals surface area contributed by atoms with Crippen molar-refractivity contribution in [2.75, 3.05) is 30.5 Å². The first-order chi connectivity index (χ1) is 8.48. The van der Waals surface area contributed by atoms with Crippen molar-refractivity contribution in [1.29, 1.82) is 0 Å². The van der Waals surface area contributed by atoms with Gasteiger partial charge in [0.15, 0.2) is 9.84 Å². The molecule has 0 radical (unpaired) electrons. The molecule has 0 unspecified atom stereocenters. The molecule has 0 aromatic heterocycles. The maximum absolute atomic E-state index is 11.5. The highest BCUT2D eigenvalue weighted by Gasteiger charge is 2.09. The Bertz CT molecular complexity index is 488. The van der Waals surface area contributed by atoms with Crippen molar-refractivity contribution >= 4 is 27.1 Å². The molecular formula is C12H18ClNO3S. The van der Waals surface area contributed by atoms with Gasteiger partial charge in [-0.25, -0.2) is 8.42 Å². The predicted octanol–water partition coefficient (Wildman–Crippen LogP) is 2.59. The second-order valence-electron chi connectivity index (χ2n) is 3.92. The molecule has 1 aromatic carbocycles. The minimum absolute atomic E-state index is 0.108. The number of hydrogen-bond acceptors (Lipinski definition) is 4. The van der Waals surface area contributed by atoms with Crippen molar-refractivity contribution in [2.45, 2.75) is 13.3 Å². The van der Waals surface area contributed by atoms with E-state index in [2.05, 4.69) is 5.32 Å². The maximum atomic E-state index is 11.5. The molecule has 0 atom stereocenters. The lowest BCUT2D eigenvalue weighted by atomic mass is 10.3. The lowest BCUT2D eigenvalue weighted by Gasteiger charge is -2.11. The molecule has 102 valence electrons. The Morgan fingerprint density at radius 3 is 2.67 bits per heavy atom. The van der Waals surface area contributed by atoms with Gasteiger partial charge in [0.1, 0.15) is 5.75 Å². The minimum atomic E-state index is -2.97. The topological polar surface area (TPSA) is 55.4 Å². The summed E-state index contributed by atoms with van der Waals surface area (Å²) in [6, 6.07) is 5.18. The summed E-state index contributed by atoms with van der Waals surface area (Å²) < 4.78 is 28.2. The number of rotatable bonds is 7. The van der Waals surface area contributed by atoms with Crippen molar-refractivity contribution in [3.05, 3.63) is 23.2 Å². The van der Waals surface area contributed by atoms with E-state index >= 15 is 0 Å². The van der Waals surface area contributed by atoms with Gasteiger partial charge < -0.3 is 10.1 Å². The summed E-state index contributed by atoms with van der Waals surface area (Å²) in [6.07, 6.45) is 0.642. The predicted molar refractivity (Wildman–Crippen MR) is 75.4 cm³/mol. The molecule has 6 heteroatoms. The second-order valence-corrected chi connectivity index (χ2v) is 6.66. The molecule has 0 aliphatic rings. The smallest absolute Gasteiger partial charge is 0.152 e. The molecule has 0 fully saturated rings. The van der Waals surface area contributed by atoms with Crippen LogP contribution in [0.25, 0.3) is 0 Å². The molecule has 1 rings (SSSR count). The van der Waals surface area contributed by atoms with Gasteiger partial charge in [0.25, 0.3) is 0 Å². The van der Waals surface area contributed by atoms with E-state index in [0.29, 0.717) is 29.4 Å². The van der Waals surface area contributed by atoms with Crippen LogP contribution in [-0.2, 0) is 9.84 Å². The van der Waals surface area contributed by atoms with Crippen molar-refractivity contribution in [2.24, 2.45) is 0 Å². The summed E-state index contributed by atoms with van der Waals surface area (Å²) in [5.74, 6) is 0.977. The molecule has 0 aliphatic heterocycles. The average Bonchev–Trinajstić information content (AvgIpc) is 2.29. The van der Waals surface area contributed by atoms with Crippen LogP contribution < -0.4 is 10.1 Å². The SMILES string of the molecule is CCCS(=O)(=O)CCNc1cc(Cl)ccc1OC. The number of anilines is 1. The van der Waals surface area contributed by atoms with Crippen molar-refractivity contribution in [3.63, 3.8) is 0 Å². The first-order valence-electron chi connectivity index (χ1n) is 5.76. The fraction of sp³-hybridized carbons (Fsp3) is 0.500. The lowest BCUT2D eigenvalue weighted by molar-refractivity contribution is 0.416. The molecule has 1 N–H and O–H groups in total. The molecule has 0 amide bonds. The third-order valence-electron chi connectivity index (χ3n) is 2.41. The fourth-order valence-corrected chi connectivity index (χ4v) is 2.98. The Balaban J connectivity index is 2.61. The van der Waals surface area contributed by atoms with Crippen LogP contribution in [0.4, 0.5) is 5.69 Å². The summed E-state index contributed by atoms with van der Waals surface area (Å²) in [7, 11) is -1.41. The van der Waals surface area contributed by atoms with E-state index in [9.17, 15) is 8.42 Å². The molecule has 4 nitrogen and oxygen atoms in total. The summed E-state index contributed by atoms with van der Waals surface area (Å²) >= 11 is 5.88. The summed E-state index contributed by atoms with van der Waals surface area (Å²) in [5.41, 5.74) is 0.705. The number of methoxy groups -OCH3 is 1. The summed E-state index contributed by atoms with van der Waals surface area (Å²) in [5, 5.41) is 3.61. The van der Waals surface area contributed by atoms with Gasteiger partial charge in [0, 0.05) is 17.3 Å². The summed E-state index contributed by atoms with van der Waals surface area (Å²) in [4.78, 5) is 0. The van der Waals surface area contributed by atoms with Gasteiger partial charge >= 0.3 is 0 Å². The molecular weight excluding hydrogens is 274 g/mol. The van der Waals surface area contributed by atoms with Gasteiger partial charge in [-0.05, 0) is 24.6 Å². The zero-order valence-corrected chi connectivity index (χ0v) is 12.1. The third-order valence-corrected chi connectivity index (χ3v) is 4.50. The van der Waals surface area contributed by atoms with Crippen LogP contribution in [0.5, 0.6) is 5.75 Å². The van der Waals surface area contributed by atoms with E-state index in [1.54, 1.807) is 25.3 Å². The van der Waals surface area contributed by atoms with E-state index in [1.807, 2.05) is 6.92 Å². The van der Waals surface area contributed by atoms with Crippen molar-refractivity contribution in [1.82, 2.24) is 0 Å². The third kappa shape index (κ3) is 4.74. The number of benzene rings is 1. The molecule has 0 saturated heterocycles. The van der Waals surface area contributed by atoms with E-state index in [0.717, 1.165) is 0 Å². The van der Waals surface area contributed by atoms with Gasteiger partial charge in [-0.3, -0.25) is 0 Å². The number of sulfone groups is 1. The highest BCUT2D eigenvalue weighted by Crippen LogP contribution is 2.27. The highest BCUT2D eigenvalue weighted by molar-refractivity contribution is 7.91. The van der Waals surface area contributed by atoms with E-state index in [4.69, 9.17) is 16.3 Å². The van der Waals surface area contributed by atoms with Gasteiger partial charge in [-0.1, -0.05) is 18.5 Å². The lowest BCUT2D eigenvalue weighted by Crippen LogP contribution is -2.18. The van der Waals surface area contributed by atoms with E-state index < -0.39 is 9.84 Å². The van der Waals surface area contributed by atoms with Crippen LogP contribution in [0, 0.1) is 0 Å². The highest BCUT2D eigenvalue weighted by atomic mass is 35.5. The second kappa shape index (κ2) is 6.85. The first kappa shape index (κ1) is 15.1. The van der Waals surface area contributed by atoms with Crippen molar-refractivity contribution in [3.8, 4) is 5.75 Å². The Morgan fingerprint density at radius 2 is 2.06 bits per heavy atom. The van der Waals surface area contributed by atoms with Crippen LogP contribution in [0.1, 0.15) is 13.3 Å². The number of nitrogens with one attached hydrogen (secondary N) is 1. The normalized spacial score (nSPS) is 11.3. The molecule has 1 aromatic rings. The number of halogens is 1. The monoisotopic (exact) mass is 291 g/mol. The molecule has 0 bridgehead atoms. The Morgan fingerprint density at radius 1 is 1.33 bits per heavy atom. The number of hydrogen-bond donors (Lipinski definition) is 1. The van der Waals surface area contributed by atoms with E-state index in [-0.39, 0.29) is 11.5 Å². The van der Waals surface area contributed by atoms with Gasteiger partial charge in [-0.2, -0.15) is 0 Å². The Kier molecular flexibility index (Phi) is 5.75. The first-order valence-corrected chi connectivity index (χ1v) is 7.96. The van der Waals surface area contributed by atoms with Gasteiger partial charge in [0.05, 0.1) is 18.6 Å². The van der Waals surface area contributed by atoms with Gasteiger partial charge in [-0.15, -0.1) is 0 Å².